The molecule has 7 aromatic heterocycles. The molecule has 7 heterocycles. The Labute approximate surface area is 824 Å². The predicted octanol–water partition coefficient (Wildman–Crippen LogP) is 25.3. The Morgan fingerprint density at radius 3 is 1.19 bits per heavy atom. The largest absolute Gasteiger partial charge is 0.496 e. The van der Waals surface area contributed by atoms with Gasteiger partial charge in [0.25, 0.3) is 10.0 Å². The number of halogens is 7. The molecular formula is C101H117BrCl6N22O3S. The maximum Gasteiger partial charge on any atom is 0.268 e. The Morgan fingerprint density at radius 1 is 0.425 bits per heavy atom. The highest BCUT2D eigenvalue weighted by molar-refractivity contribution is 9.10. The summed E-state index contributed by atoms with van der Waals surface area (Å²) in [6.45, 7) is 34.3. The third kappa shape index (κ3) is 29.4. The fraction of sp³-hybridized carbons (Fsp3) is 0.327. The highest BCUT2D eigenvalue weighted by atomic mass is 79.9. The van der Waals surface area contributed by atoms with E-state index in [-0.39, 0.29) is 50.9 Å². The number of nitrogens with two attached hydrogens (primary N) is 6. The molecule has 2 saturated carbocycles. The van der Waals surface area contributed by atoms with Crippen LogP contribution in [0.15, 0.2) is 191 Å². The number of aryl methyl sites for hydroxylation is 3. The maximum atomic E-state index is 13.4. The van der Waals surface area contributed by atoms with Crippen molar-refractivity contribution in [3.05, 3.63) is 251 Å². The van der Waals surface area contributed by atoms with Gasteiger partial charge < -0.3 is 55.1 Å². The van der Waals surface area contributed by atoms with Crippen molar-refractivity contribution in [2.24, 2.45) is 39.9 Å². The van der Waals surface area contributed by atoms with Gasteiger partial charge in [-0.05, 0) is 190 Å². The molecule has 0 saturated heterocycles. The van der Waals surface area contributed by atoms with Crippen molar-refractivity contribution in [2.75, 3.05) is 77.1 Å². The molecule has 0 radical (unpaired) electrons. The Morgan fingerprint density at radius 2 is 0.784 bits per heavy atom. The molecule has 14 aromatic rings. The number of fused-ring (bicyclic) bond motifs is 1. The minimum Gasteiger partial charge on any atom is -0.496 e. The quantitative estimate of drug-likeness (QED) is 0.0304. The van der Waals surface area contributed by atoms with Gasteiger partial charge in [-0.2, -0.15) is 15.0 Å². The molecule has 0 amide bonds. The second kappa shape index (κ2) is 45.4. The van der Waals surface area contributed by atoms with Crippen LogP contribution in [0.3, 0.4) is 0 Å². The number of hydrogen-bond donors (Lipinski definition) is 9. The maximum absolute atomic E-state index is 13.4. The summed E-state index contributed by atoms with van der Waals surface area (Å²) < 4.78 is 34.5. The molecule has 2 fully saturated rings. The zero-order chi connectivity index (χ0) is 97.4. The third-order valence-electron chi connectivity index (χ3n) is 21.8. The van der Waals surface area contributed by atoms with Crippen LogP contribution in [0.25, 0.3) is 78.4 Å². The van der Waals surface area contributed by atoms with E-state index in [1.54, 1.807) is 67.9 Å². The van der Waals surface area contributed by atoms with E-state index in [1.165, 1.54) is 40.8 Å². The minimum absolute atomic E-state index is 0.0536. The lowest BCUT2D eigenvalue weighted by molar-refractivity contribution is 0.416. The standard InChI is InChI=1S/C24H27N5O2S.C17H24N4.2C16H17Cl2N3.C15H18Cl2N4.C13H14BrN3O/c1-16-9-11-17(12-10-16)32(30,31)29-14-19(18-7-5-6-8-21(18)29)20-13-22(28-23(25)27-20)26-15-24(2,3)4;1-11-7-6-8-13(12(11)2)14-9-15(21-16(18)20-14)19-10-17(3,4)5;2*1-9(10-5-6-10)7-11-8-14(21-16(19)20-11)12-3-2-4-13(17)15(12)18;1-15(2,3)8-19-12-7-11(20-14(18)21-12)9-5-4-6-10(16)13(9)17;1-3-9-7-11(17-13(15)16-9)10-6-8(14)4-5-12(10)18-2/h5-14H,15H2,1-4H3,(H3,25,26,27,28);6-9H,10H2,1-5H3,(H3,18,19,20,21);2*2-4,8-10H,5-7H2,1H3,(H2,19,20,21);4-7H,8H2,1-3H3,(H3,18,19,20,21);4-7H,3H2,1-2H3,(H2,15,16,17)/t;;2*9-;;/m..00../s1. The van der Waals surface area contributed by atoms with Gasteiger partial charge in [0.15, 0.2) is 0 Å². The van der Waals surface area contributed by atoms with Crippen molar-refractivity contribution in [1.82, 2.24) is 63.8 Å². The van der Waals surface area contributed by atoms with Crippen LogP contribution >= 0.6 is 85.5 Å². The first-order valence-corrected chi connectivity index (χ1v) is 48.5. The zero-order valence-corrected chi connectivity index (χ0v) is 85.2. The Kier molecular flexibility index (Phi) is 35.0. The van der Waals surface area contributed by atoms with Gasteiger partial charge in [-0.15, -0.1) is 0 Å². The molecule has 25 nitrogen and oxygen atoms in total. The normalized spacial score (nSPS) is 12.9. The van der Waals surface area contributed by atoms with E-state index in [0.717, 1.165) is 139 Å². The molecule has 33 heteroatoms. The number of benzene rings is 7. The van der Waals surface area contributed by atoms with Crippen LogP contribution in [-0.4, -0.2) is 98.9 Å². The van der Waals surface area contributed by atoms with Gasteiger partial charge in [-0.25, -0.2) is 57.2 Å². The van der Waals surface area contributed by atoms with Crippen molar-refractivity contribution in [3.8, 4) is 73.3 Å². The molecule has 7 aromatic carbocycles. The molecule has 134 heavy (non-hydrogen) atoms. The number of aromatic nitrogens is 13. The van der Waals surface area contributed by atoms with Crippen molar-refractivity contribution < 1.29 is 13.2 Å². The van der Waals surface area contributed by atoms with E-state index in [9.17, 15) is 8.42 Å². The first kappa shape index (κ1) is 103. The molecule has 0 spiro atoms. The van der Waals surface area contributed by atoms with Crippen molar-refractivity contribution >= 4 is 160 Å². The second-order valence-electron chi connectivity index (χ2n) is 37.0. The number of nitrogens with zero attached hydrogens (tertiary/aromatic N) is 13. The molecule has 0 bridgehead atoms. The minimum atomic E-state index is -3.79. The first-order chi connectivity index (χ1) is 63.3. The van der Waals surface area contributed by atoms with Gasteiger partial charge in [0.1, 0.15) is 23.2 Å². The Balaban J connectivity index is 0.000000156. The summed E-state index contributed by atoms with van der Waals surface area (Å²) >= 11 is 40.4. The molecule has 2 atom stereocenters. The predicted molar refractivity (Wildman–Crippen MR) is 559 cm³/mol. The fourth-order valence-electron chi connectivity index (χ4n) is 14.2. The number of nitrogen functional groups attached to an aromatic ring is 6. The number of methoxy groups -OCH3 is 1. The van der Waals surface area contributed by atoms with E-state index in [2.05, 4.69) is 194 Å². The van der Waals surface area contributed by atoms with Crippen LogP contribution in [-0.2, 0) is 29.3 Å². The summed E-state index contributed by atoms with van der Waals surface area (Å²) in [5.74, 6) is 7.18. The highest BCUT2D eigenvalue weighted by Crippen LogP contribution is 2.43. The molecule has 15 N–H and O–H groups in total. The number of nitrogens with one attached hydrogen (secondary N) is 3. The van der Waals surface area contributed by atoms with Crippen LogP contribution < -0.4 is 55.1 Å². The average molecular weight is 2010 g/mol. The average Bonchev–Trinajstić information content (AvgIpc) is 1.60. The zero-order valence-electron chi connectivity index (χ0n) is 78.3. The summed E-state index contributed by atoms with van der Waals surface area (Å²) in [6, 6.07) is 54.0. The van der Waals surface area contributed by atoms with E-state index in [0.29, 0.717) is 88.6 Å². The summed E-state index contributed by atoms with van der Waals surface area (Å²) in [5.41, 5.74) is 51.6. The Hall–Kier alpha value is -11.3. The molecule has 0 unspecified atom stereocenters. The van der Waals surface area contributed by atoms with Gasteiger partial charge in [0.05, 0.1) is 81.8 Å². The Bertz CT molecular complexity index is 6350. The van der Waals surface area contributed by atoms with E-state index < -0.39 is 10.0 Å². The lowest BCUT2D eigenvalue weighted by Gasteiger charge is -2.19. The third-order valence-corrected chi connectivity index (χ3v) is 26.5. The van der Waals surface area contributed by atoms with Gasteiger partial charge in [0.2, 0.25) is 35.7 Å². The van der Waals surface area contributed by atoms with E-state index >= 15 is 0 Å². The summed E-state index contributed by atoms with van der Waals surface area (Å²) in [5, 5.41) is 13.6. The lowest BCUT2D eigenvalue weighted by atomic mass is 9.97. The van der Waals surface area contributed by atoms with E-state index in [1.807, 2.05) is 123 Å². The molecular weight excluding hydrogens is 1890 g/mol. The van der Waals surface area contributed by atoms with Crippen molar-refractivity contribution in [1.29, 1.82) is 0 Å². The van der Waals surface area contributed by atoms with Crippen LogP contribution in [0.2, 0.25) is 30.1 Å². The van der Waals surface area contributed by atoms with Crippen LogP contribution in [0.1, 0.15) is 143 Å². The number of ether oxygens (including phenoxy) is 1. The van der Waals surface area contributed by atoms with Crippen LogP contribution in [0, 0.1) is 60.7 Å². The molecule has 704 valence electrons. The van der Waals surface area contributed by atoms with Gasteiger partial charge in [0, 0.05) is 104 Å². The highest BCUT2D eigenvalue weighted by Gasteiger charge is 2.31. The van der Waals surface area contributed by atoms with Gasteiger partial charge >= 0.3 is 0 Å². The first-order valence-electron chi connectivity index (χ1n) is 44.0. The topological polar surface area (TPSA) is 395 Å². The fourth-order valence-corrected chi connectivity index (χ4v) is 17.1. The summed E-state index contributed by atoms with van der Waals surface area (Å²) in [6.07, 6.45) is 9.57. The molecule has 2 aliphatic carbocycles. The summed E-state index contributed by atoms with van der Waals surface area (Å²) in [7, 11) is -2.16. The second-order valence-corrected chi connectivity index (χ2v) is 42.1. The molecule has 0 aliphatic heterocycles. The van der Waals surface area contributed by atoms with Crippen molar-refractivity contribution in [3.63, 3.8) is 0 Å². The SMILES string of the molecule is CC(C)(C)CNc1cc(-c2cccc(Cl)c2Cl)nc(N)n1.CCc1cc(-c2cc(Br)ccc2OC)nc(N)n1.C[C@@H](Cc1cc(-c2cccc(Cl)c2Cl)nc(N)n1)C1CC1.C[C@@H](Cc1cc(-c2cccc(Cl)c2Cl)nc(N)n1)C1CC1.Cc1ccc(S(=O)(=O)n2cc(-c3cc(NCC(C)(C)C)nc(N)n3)c3ccccc32)cc1.Cc1cccc(-c2cc(NCC(C)(C)C)nc(N)n2)c1C. The smallest absolute Gasteiger partial charge is 0.268 e. The molecule has 2 aliphatic rings. The lowest BCUT2D eigenvalue weighted by Crippen LogP contribution is -2.20. The van der Waals surface area contributed by atoms with E-state index in [4.69, 9.17) is 109 Å². The van der Waals surface area contributed by atoms with Crippen LogP contribution in [0.5, 0.6) is 5.75 Å². The van der Waals surface area contributed by atoms with Crippen molar-refractivity contribution in [2.45, 2.75) is 154 Å². The number of anilines is 9. The monoisotopic (exact) mass is 2010 g/mol. The number of hydrogen-bond acceptors (Lipinski definition) is 24. The van der Waals surface area contributed by atoms with Gasteiger partial charge in [-0.3, -0.25) is 0 Å². The summed E-state index contributed by atoms with van der Waals surface area (Å²) in [4.78, 5) is 51.7. The molecule has 16 rings (SSSR count). The number of rotatable bonds is 22. The number of para-hydroxylation sites is 1. The van der Waals surface area contributed by atoms with Crippen LogP contribution in [0.4, 0.5) is 53.1 Å². The van der Waals surface area contributed by atoms with Gasteiger partial charge in [-0.1, -0.05) is 259 Å².